The molecule has 0 rings (SSSR count). The molecule has 0 saturated heterocycles. The summed E-state index contributed by atoms with van der Waals surface area (Å²) in [6.45, 7) is 3.94. The first-order valence-electron chi connectivity index (χ1n) is 3.15. The van der Waals surface area contributed by atoms with Gasteiger partial charge in [0, 0.05) is 13.0 Å². The van der Waals surface area contributed by atoms with Crippen LogP contribution >= 0.6 is 11.6 Å². The zero-order valence-electron chi connectivity index (χ0n) is 6.47. The van der Waals surface area contributed by atoms with E-state index in [0.717, 1.165) is 0 Å². The second kappa shape index (κ2) is 3.96. The first-order chi connectivity index (χ1) is 4.48. The maximum absolute atomic E-state index is 9.34. The maximum atomic E-state index is 9.34. The molecule has 0 spiro atoms. The lowest BCUT2D eigenvalue weighted by molar-refractivity contribution is 0.0982. The number of halogens is 1. The molecule has 0 aliphatic carbocycles. The molecule has 0 radical (unpaired) electrons. The van der Waals surface area contributed by atoms with E-state index in [1.54, 1.807) is 6.08 Å². The largest absolute Gasteiger partial charge is 0.373 e. The number of hydrogen-bond donors (Lipinski definition) is 1. The van der Waals surface area contributed by atoms with Crippen LogP contribution in [0.3, 0.4) is 0 Å². The highest BCUT2D eigenvalue weighted by Crippen LogP contribution is 2.16. The number of hydrogen-bond acceptors (Lipinski definition) is 2. The minimum atomic E-state index is -1.15. The Labute approximate surface area is 67.1 Å². The molecular weight excluding hydrogens is 150 g/mol. The van der Waals surface area contributed by atoms with Crippen molar-refractivity contribution >= 4 is 11.6 Å². The van der Waals surface area contributed by atoms with Crippen molar-refractivity contribution < 1.29 is 5.11 Å². The molecule has 1 atom stereocenters. The topological polar surface area (TPSA) is 23.5 Å². The van der Waals surface area contributed by atoms with E-state index in [-0.39, 0.29) is 0 Å². The Morgan fingerprint density at radius 2 is 2.20 bits per heavy atom. The van der Waals surface area contributed by atoms with Gasteiger partial charge in [-0.1, -0.05) is 17.7 Å². The SMILES string of the molecule is C=CCC(O)(Cl)CN(C)C. The summed E-state index contributed by atoms with van der Waals surface area (Å²) in [4.78, 5) is 1.83. The fourth-order valence-corrected chi connectivity index (χ4v) is 1.12. The smallest absolute Gasteiger partial charge is 0.154 e. The van der Waals surface area contributed by atoms with Crippen LogP contribution in [0, 0.1) is 0 Å². The molecule has 60 valence electrons. The van der Waals surface area contributed by atoms with Crippen molar-refractivity contribution in [3.05, 3.63) is 12.7 Å². The normalized spacial score (nSPS) is 16.9. The van der Waals surface area contributed by atoms with Gasteiger partial charge < -0.3 is 10.0 Å². The summed E-state index contributed by atoms with van der Waals surface area (Å²) in [6, 6.07) is 0. The van der Waals surface area contributed by atoms with Gasteiger partial charge in [-0.2, -0.15) is 0 Å². The number of aliphatic hydroxyl groups is 1. The van der Waals surface area contributed by atoms with Crippen LogP contribution < -0.4 is 0 Å². The average molecular weight is 164 g/mol. The predicted molar refractivity (Wildman–Crippen MR) is 44.2 cm³/mol. The summed E-state index contributed by atoms with van der Waals surface area (Å²) in [5.41, 5.74) is 0. The van der Waals surface area contributed by atoms with Crippen molar-refractivity contribution in [3.63, 3.8) is 0 Å². The van der Waals surface area contributed by atoms with Gasteiger partial charge in [0.05, 0.1) is 0 Å². The molecule has 0 bridgehead atoms. The van der Waals surface area contributed by atoms with Gasteiger partial charge in [0.1, 0.15) is 0 Å². The predicted octanol–water partition coefficient (Wildman–Crippen LogP) is 1.05. The van der Waals surface area contributed by atoms with Gasteiger partial charge in [0.15, 0.2) is 5.06 Å². The summed E-state index contributed by atoms with van der Waals surface area (Å²) in [7, 11) is 3.72. The number of likely N-dealkylation sites (N-methyl/N-ethyl adjacent to an activating group) is 1. The maximum Gasteiger partial charge on any atom is 0.154 e. The first kappa shape index (κ1) is 9.95. The molecule has 0 fully saturated rings. The standard InChI is InChI=1S/C7H14ClNO/c1-4-5-7(8,10)6-9(2)3/h4,10H,1,5-6H2,2-3H3. The minimum Gasteiger partial charge on any atom is -0.373 e. The Balaban J connectivity index is 3.73. The monoisotopic (exact) mass is 163 g/mol. The molecule has 10 heavy (non-hydrogen) atoms. The van der Waals surface area contributed by atoms with Gasteiger partial charge in [-0.05, 0) is 14.1 Å². The zero-order chi connectivity index (χ0) is 8.20. The van der Waals surface area contributed by atoms with Crippen molar-refractivity contribution in [2.45, 2.75) is 11.5 Å². The molecule has 1 N–H and O–H groups in total. The molecule has 0 aromatic heterocycles. The second-order valence-corrected chi connectivity index (χ2v) is 3.35. The molecule has 0 amide bonds. The molecule has 3 heteroatoms. The Kier molecular flexibility index (Phi) is 3.94. The van der Waals surface area contributed by atoms with Crippen LogP contribution in [0.1, 0.15) is 6.42 Å². The third-order valence-electron chi connectivity index (χ3n) is 1.02. The highest BCUT2D eigenvalue weighted by molar-refractivity contribution is 6.22. The van der Waals surface area contributed by atoms with Crippen LogP contribution in [-0.4, -0.2) is 35.7 Å². The van der Waals surface area contributed by atoms with Gasteiger partial charge in [-0.25, -0.2) is 0 Å². The second-order valence-electron chi connectivity index (χ2n) is 2.65. The quantitative estimate of drug-likeness (QED) is 0.495. The van der Waals surface area contributed by atoms with Crippen molar-refractivity contribution in [1.82, 2.24) is 4.90 Å². The van der Waals surface area contributed by atoms with Crippen LogP contribution in [0.25, 0.3) is 0 Å². The molecule has 0 saturated carbocycles. The fraction of sp³-hybridized carbons (Fsp3) is 0.714. The highest BCUT2D eigenvalue weighted by Gasteiger charge is 2.21. The molecule has 0 aromatic rings. The molecule has 0 aromatic carbocycles. The third kappa shape index (κ3) is 4.79. The van der Waals surface area contributed by atoms with E-state index >= 15 is 0 Å². The minimum absolute atomic E-state index is 0.409. The van der Waals surface area contributed by atoms with E-state index in [4.69, 9.17) is 11.6 Å². The Morgan fingerprint density at radius 1 is 1.70 bits per heavy atom. The summed E-state index contributed by atoms with van der Waals surface area (Å²) < 4.78 is 0. The van der Waals surface area contributed by atoms with Crippen molar-refractivity contribution in [1.29, 1.82) is 0 Å². The summed E-state index contributed by atoms with van der Waals surface area (Å²) in [5.74, 6) is 0. The summed E-state index contributed by atoms with van der Waals surface area (Å²) >= 11 is 5.67. The van der Waals surface area contributed by atoms with Crippen molar-refractivity contribution in [2.75, 3.05) is 20.6 Å². The van der Waals surface area contributed by atoms with E-state index < -0.39 is 5.06 Å². The van der Waals surface area contributed by atoms with Crippen LogP contribution in [0.5, 0.6) is 0 Å². The number of alkyl halides is 1. The number of rotatable bonds is 4. The van der Waals surface area contributed by atoms with Gasteiger partial charge >= 0.3 is 0 Å². The Morgan fingerprint density at radius 3 is 2.50 bits per heavy atom. The van der Waals surface area contributed by atoms with Gasteiger partial charge in [-0.3, -0.25) is 0 Å². The molecule has 0 aliphatic rings. The van der Waals surface area contributed by atoms with Gasteiger partial charge in [-0.15, -0.1) is 6.58 Å². The third-order valence-corrected chi connectivity index (χ3v) is 1.29. The molecule has 2 nitrogen and oxygen atoms in total. The molecule has 1 unspecified atom stereocenters. The van der Waals surface area contributed by atoms with Crippen LogP contribution in [0.2, 0.25) is 0 Å². The average Bonchev–Trinajstić information content (AvgIpc) is 1.59. The van der Waals surface area contributed by atoms with E-state index in [2.05, 4.69) is 6.58 Å². The van der Waals surface area contributed by atoms with Gasteiger partial charge in [0.25, 0.3) is 0 Å². The molecule has 0 heterocycles. The lowest BCUT2D eigenvalue weighted by Crippen LogP contribution is -2.34. The van der Waals surface area contributed by atoms with Crippen molar-refractivity contribution in [2.24, 2.45) is 0 Å². The summed E-state index contributed by atoms with van der Waals surface area (Å²) in [6.07, 6.45) is 2.02. The lowest BCUT2D eigenvalue weighted by atomic mass is 10.2. The Bertz CT molecular complexity index is 112. The van der Waals surface area contributed by atoms with Crippen LogP contribution in [-0.2, 0) is 0 Å². The van der Waals surface area contributed by atoms with E-state index in [1.165, 1.54) is 0 Å². The zero-order valence-corrected chi connectivity index (χ0v) is 7.23. The fourth-order valence-electron chi connectivity index (χ4n) is 0.770. The summed E-state index contributed by atoms with van der Waals surface area (Å²) in [5, 5.41) is 8.19. The highest BCUT2D eigenvalue weighted by atomic mass is 35.5. The van der Waals surface area contributed by atoms with E-state index in [1.807, 2.05) is 19.0 Å². The first-order valence-corrected chi connectivity index (χ1v) is 3.52. The number of nitrogens with zero attached hydrogens (tertiary/aromatic N) is 1. The Hall–Kier alpha value is -0.0500. The molecular formula is C7H14ClNO. The van der Waals surface area contributed by atoms with Gasteiger partial charge in [0.2, 0.25) is 0 Å². The van der Waals surface area contributed by atoms with Crippen molar-refractivity contribution in [3.8, 4) is 0 Å². The van der Waals surface area contributed by atoms with Crippen LogP contribution in [0.4, 0.5) is 0 Å². The molecule has 0 aliphatic heterocycles. The van der Waals surface area contributed by atoms with Crippen LogP contribution in [0.15, 0.2) is 12.7 Å². The lowest BCUT2D eigenvalue weighted by Gasteiger charge is -2.22. The van der Waals surface area contributed by atoms with E-state index in [0.29, 0.717) is 13.0 Å². The van der Waals surface area contributed by atoms with E-state index in [9.17, 15) is 5.11 Å².